The maximum atomic E-state index is 12.3. The van der Waals surface area contributed by atoms with E-state index in [1.165, 1.54) is 0 Å². The molecule has 11 heteroatoms. The second-order valence-electron chi connectivity index (χ2n) is 2.68. The third-order valence-corrected chi connectivity index (χ3v) is 1.37. The first-order valence-electron chi connectivity index (χ1n) is 3.44. The topological polar surface area (TPSA) is 0 Å². The molecule has 0 bridgehead atoms. The molecule has 0 amide bonds. The van der Waals surface area contributed by atoms with Crippen molar-refractivity contribution < 1.29 is 48.3 Å². The molecule has 0 rings (SSSR count). The molecular formula is C6HF11. The molecule has 0 heterocycles. The fourth-order valence-electron chi connectivity index (χ4n) is 0.735. The zero-order valence-corrected chi connectivity index (χ0v) is 7.23. The van der Waals surface area contributed by atoms with Gasteiger partial charge in [-0.2, -0.15) is 43.9 Å². The van der Waals surface area contributed by atoms with Crippen LogP contribution in [0.2, 0.25) is 0 Å². The van der Waals surface area contributed by atoms with Gasteiger partial charge in [0.1, 0.15) is 0 Å². The normalized spacial score (nSPS) is 16.2. The highest BCUT2D eigenvalue weighted by atomic mass is 19.4. The molecule has 102 valence electrons. The summed E-state index contributed by atoms with van der Waals surface area (Å²) in [5, 5.41) is 0. The molecule has 0 aromatic carbocycles. The van der Waals surface area contributed by atoms with E-state index in [0.717, 1.165) is 0 Å². The lowest BCUT2D eigenvalue weighted by Gasteiger charge is -2.22. The Morgan fingerprint density at radius 1 is 0.647 bits per heavy atom. The third kappa shape index (κ3) is 4.04. The average molecular weight is 282 g/mol. The first-order valence-corrected chi connectivity index (χ1v) is 3.44. The Hall–Kier alpha value is -1.03. The molecule has 0 atom stereocenters. The van der Waals surface area contributed by atoms with Crippen molar-refractivity contribution in [3.05, 3.63) is 11.7 Å². The van der Waals surface area contributed by atoms with Gasteiger partial charge in [0.05, 0.1) is 0 Å². The molecule has 0 saturated heterocycles. The van der Waals surface area contributed by atoms with Crippen LogP contribution in [-0.4, -0.2) is 18.5 Å². The van der Waals surface area contributed by atoms with Crippen LogP contribution in [0.4, 0.5) is 48.3 Å². The van der Waals surface area contributed by atoms with Gasteiger partial charge >= 0.3 is 18.5 Å². The molecule has 0 saturated carbocycles. The molecular weight excluding hydrogens is 281 g/mol. The predicted octanol–water partition coefficient (Wildman–Crippen LogP) is 4.44. The van der Waals surface area contributed by atoms with Gasteiger partial charge < -0.3 is 0 Å². The zero-order valence-electron chi connectivity index (χ0n) is 7.23. The van der Waals surface area contributed by atoms with Crippen LogP contribution in [0, 0.1) is 5.92 Å². The van der Waals surface area contributed by atoms with Crippen molar-refractivity contribution in [3.63, 3.8) is 0 Å². The summed E-state index contributed by atoms with van der Waals surface area (Å²) in [6, 6.07) is 0. The Morgan fingerprint density at radius 2 is 0.941 bits per heavy atom. The molecule has 0 unspecified atom stereocenters. The summed E-state index contributed by atoms with van der Waals surface area (Å²) in [5.74, 6) is -13.2. The van der Waals surface area contributed by atoms with Crippen LogP contribution in [0.25, 0.3) is 0 Å². The third-order valence-electron chi connectivity index (χ3n) is 1.37. The summed E-state index contributed by atoms with van der Waals surface area (Å²) >= 11 is 0. The maximum Gasteiger partial charge on any atom is 0.445 e. The molecule has 0 nitrogen and oxygen atoms in total. The monoisotopic (exact) mass is 282 g/mol. The summed E-state index contributed by atoms with van der Waals surface area (Å²) in [5.41, 5.74) is 0. The van der Waals surface area contributed by atoms with Crippen LogP contribution in [0.1, 0.15) is 0 Å². The fourth-order valence-corrected chi connectivity index (χ4v) is 0.735. The standard InChI is InChI=1S/C6HF11/c7-1(3(8)6(15,16)17)2(4(9,10)11)5(12,13)14/h2H. The first kappa shape index (κ1) is 16.0. The van der Waals surface area contributed by atoms with E-state index < -0.39 is 36.1 Å². The molecule has 0 radical (unpaired) electrons. The molecule has 0 aliphatic heterocycles. The Morgan fingerprint density at radius 3 is 1.12 bits per heavy atom. The summed E-state index contributed by atoms with van der Waals surface area (Å²) in [4.78, 5) is 0. The fraction of sp³-hybridized carbons (Fsp3) is 0.667. The Balaban J connectivity index is 5.69. The van der Waals surface area contributed by atoms with Crippen molar-refractivity contribution in [2.75, 3.05) is 0 Å². The van der Waals surface area contributed by atoms with Gasteiger partial charge in [-0.25, -0.2) is 4.39 Å². The van der Waals surface area contributed by atoms with Gasteiger partial charge in [0.2, 0.25) is 11.7 Å². The minimum absolute atomic E-state index is 3.96. The van der Waals surface area contributed by atoms with Crippen LogP contribution in [0.15, 0.2) is 11.7 Å². The van der Waals surface area contributed by atoms with E-state index in [-0.39, 0.29) is 0 Å². The van der Waals surface area contributed by atoms with Crippen molar-refractivity contribution in [3.8, 4) is 0 Å². The summed E-state index contributed by atoms with van der Waals surface area (Å²) in [7, 11) is 0. The van der Waals surface area contributed by atoms with E-state index in [0.29, 0.717) is 0 Å². The van der Waals surface area contributed by atoms with Crippen LogP contribution in [0.5, 0.6) is 0 Å². The molecule has 0 fully saturated rings. The minimum atomic E-state index is -6.43. The Bertz CT molecular complexity index is 285. The van der Waals surface area contributed by atoms with Crippen LogP contribution in [-0.2, 0) is 0 Å². The second-order valence-corrected chi connectivity index (χ2v) is 2.68. The van der Waals surface area contributed by atoms with Crippen molar-refractivity contribution >= 4 is 0 Å². The van der Waals surface area contributed by atoms with Crippen molar-refractivity contribution in [1.29, 1.82) is 0 Å². The summed E-state index contributed by atoms with van der Waals surface area (Å²) in [6.07, 6.45) is -19.1. The van der Waals surface area contributed by atoms with Gasteiger partial charge in [0, 0.05) is 0 Å². The van der Waals surface area contributed by atoms with Gasteiger partial charge in [0.25, 0.3) is 0 Å². The van der Waals surface area contributed by atoms with Gasteiger partial charge in [0.15, 0.2) is 5.83 Å². The van der Waals surface area contributed by atoms with Crippen molar-refractivity contribution in [2.24, 2.45) is 5.92 Å². The first-order chi connectivity index (χ1) is 7.19. The maximum absolute atomic E-state index is 12.3. The number of hydrogen-bond donors (Lipinski definition) is 0. The molecule has 0 aliphatic rings. The number of allylic oxidation sites excluding steroid dienone is 2. The Kier molecular flexibility index (Phi) is 4.07. The van der Waals surface area contributed by atoms with Crippen LogP contribution in [0.3, 0.4) is 0 Å². The smallest absolute Gasteiger partial charge is 0.208 e. The van der Waals surface area contributed by atoms with Crippen molar-refractivity contribution in [1.82, 2.24) is 0 Å². The minimum Gasteiger partial charge on any atom is -0.208 e. The van der Waals surface area contributed by atoms with E-state index in [9.17, 15) is 48.3 Å². The average Bonchev–Trinajstić information content (AvgIpc) is 1.94. The lowest BCUT2D eigenvalue weighted by Crippen LogP contribution is -2.38. The lowest BCUT2D eigenvalue weighted by molar-refractivity contribution is -0.277. The number of halogens is 11. The quantitative estimate of drug-likeness (QED) is 0.624. The van der Waals surface area contributed by atoms with Crippen LogP contribution >= 0.6 is 0 Å². The van der Waals surface area contributed by atoms with Gasteiger partial charge in [-0.1, -0.05) is 0 Å². The van der Waals surface area contributed by atoms with Gasteiger partial charge in [-0.05, 0) is 0 Å². The number of hydrogen-bond acceptors (Lipinski definition) is 0. The second kappa shape index (κ2) is 4.33. The molecule has 0 N–H and O–H groups in total. The highest BCUT2D eigenvalue weighted by Crippen LogP contribution is 2.47. The predicted molar refractivity (Wildman–Crippen MR) is 30.9 cm³/mol. The van der Waals surface area contributed by atoms with E-state index in [1.54, 1.807) is 0 Å². The number of rotatable bonds is 1. The molecule has 0 aliphatic carbocycles. The summed E-state index contributed by atoms with van der Waals surface area (Å²) in [6.45, 7) is 0. The molecule has 0 spiro atoms. The van der Waals surface area contributed by atoms with E-state index in [2.05, 4.69) is 0 Å². The Labute approximate surface area is 85.7 Å². The number of alkyl halides is 9. The SMILES string of the molecule is FC(=C(F)C(F)(F)F)C(C(F)(F)F)C(F)(F)F. The van der Waals surface area contributed by atoms with E-state index in [1.807, 2.05) is 0 Å². The van der Waals surface area contributed by atoms with E-state index in [4.69, 9.17) is 0 Å². The largest absolute Gasteiger partial charge is 0.445 e. The van der Waals surface area contributed by atoms with Gasteiger partial charge in [-0.15, -0.1) is 0 Å². The molecule has 0 aromatic heterocycles. The lowest BCUT2D eigenvalue weighted by atomic mass is 10.1. The summed E-state index contributed by atoms with van der Waals surface area (Å²) < 4.78 is 129. The van der Waals surface area contributed by atoms with Crippen LogP contribution < -0.4 is 0 Å². The van der Waals surface area contributed by atoms with E-state index >= 15 is 0 Å². The highest BCUT2D eigenvalue weighted by Gasteiger charge is 2.61. The van der Waals surface area contributed by atoms with Crippen molar-refractivity contribution in [2.45, 2.75) is 18.5 Å². The molecule has 17 heavy (non-hydrogen) atoms. The van der Waals surface area contributed by atoms with Gasteiger partial charge in [-0.3, -0.25) is 0 Å². The molecule has 0 aromatic rings. The highest BCUT2D eigenvalue weighted by molar-refractivity contribution is 5.12. The zero-order chi connectivity index (χ0) is 14.2.